The van der Waals surface area contributed by atoms with E-state index in [9.17, 15) is 9.59 Å². The molecule has 0 aromatic heterocycles. The van der Waals surface area contributed by atoms with Gasteiger partial charge in [-0.15, -0.1) is 0 Å². The zero-order valence-electron chi connectivity index (χ0n) is 18.1. The van der Waals surface area contributed by atoms with Crippen LogP contribution in [0.5, 0.6) is 11.5 Å². The third-order valence-corrected chi connectivity index (χ3v) is 4.24. The first-order valence-electron chi connectivity index (χ1n) is 9.82. The molecule has 0 aliphatic heterocycles. The van der Waals surface area contributed by atoms with Crippen LogP contribution in [0.25, 0.3) is 6.08 Å². The van der Waals surface area contributed by atoms with Gasteiger partial charge < -0.3 is 19.1 Å². The predicted molar refractivity (Wildman–Crippen MR) is 116 cm³/mol. The summed E-state index contributed by atoms with van der Waals surface area (Å²) in [7, 11) is 3.24. The highest BCUT2D eigenvalue weighted by atomic mass is 16.5. The number of ether oxygens (including phenoxy) is 3. The van der Waals surface area contributed by atoms with Crippen LogP contribution in [-0.2, 0) is 20.9 Å². The van der Waals surface area contributed by atoms with Gasteiger partial charge in [-0.2, -0.15) is 0 Å². The zero-order chi connectivity index (χ0) is 22.1. The van der Waals surface area contributed by atoms with E-state index in [4.69, 9.17) is 14.2 Å². The van der Waals surface area contributed by atoms with Gasteiger partial charge in [0, 0.05) is 19.7 Å². The molecule has 6 nitrogen and oxygen atoms in total. The van der Waals surface area contributed by atoms with Crippen molar-refractivity contribution in [2.75, 3.05) is 14.2 Å². The van der Waals surface area contributed by atoms with Crippen LogP contribution in [0.3, 0.4) is 0 Å². The third kappa shape index (κ3) is 6.95. The van der Waals surface area contributed by atoms with Crippen LogP contribution in [0.2, 0.25) is 0 Å². The predicted octanol–water partition coefficient (Wildman–Crippen LogP) is 4.09. The second kappa shape index (κ2) is 11.0. The summed E-state index contributed by atoms with van der Waals surface area (Å²) in [5.74, 6) is 0.348. The van der Waals surface area contributed by atoms with Crippen molar-refractivity contribution >= 4 is 18.0 Å². The number of nitrogens with zero attached hydrogens (tertiary/aromatic N) is 1. The molecule has 160 valence electrons. The summed E-state index contributed by atoms with van der Waals surface area (Å²) in [5, 5.41) is 0. The lowest BCUT2D eigenvalue weighted by atomic mass is 10.2. The summed E-state index contributed by atoms with van der Waals surface area (Å²) in [5.41, 5.74) is 1.76. The van der Waals surface area contributed by atoms with Gasteiger partial charge in [-0.1, -0.05) is 36.4 Å². The molecular formula is C24H29NO5. The quantitative estimate of drug-likeness (QED) is 0.459. The molecule has 0 saturated carbocycles. The van der Waals surface area contributed by atoms with Crippen molar-refractivity contribution in [3.63, 3.8) is 0 Å². The molecule has 0 unspecified atom stereocenters. The molecule has 2 rings (SSSR count). The van der Waals surface area contributed by atoms with Gasteiger partial charge in [0.25, 0.3) is 5.91 Å². The first-order chi connectivity index (χ1) is 14.3. The summed E-state index contributed by atoms with van der Waals surface area (Å²) in [4.78, 5) is 26.1. The smallest absolute Gasteiger partial charge is 0.331 e. The standard InChI is InChI=1S/C24H29NO5/c1-17(2)29-21-13-11-19(15-22(21)28-5)12-14-23(26)30-18(3)24(27)25(4)16-20-9-7-6-8-10-20/h6-15,17-18H,16H2,1-5H3/b14-12+/t18-/m1/s1. The lowest BCUT2D eigenvalue weighted by molar-refractivity contribution is -0.154. The first kappa shape index (κ1) is 23.0. The Labute approximate surface area is 178 Å². The van der Waals surface area contributed by atoms with Crippen LogP contribution in [-0.4, -0.2) is 43.1 Å². The van der Waals surface area contributed by atoms with Crippen LogP contribution in [0.15, 0.2) is 54.6 Å². The van der Waals surface area contributed by atoms with Crippen molar-refractivity contribution in [2.45, 2.75) is 39.5 Å². The van der Waals surface area contributed by atoms with E-state index in [-0.39, 0.29) is 12.0 Å². The molecule has 6 heteroatoms. The summed E-state index contributed by atoms with van der Waals surface area (Å²) >= 11 is 0. The van der Waals surface area contributed by atoms with E-state index in [1.807, 2.05) is 50.2 Å². The number of rotatable bonds is 9. The number of hydrogen-bond acceptors (Lipinski definition) is 5. The fourth-order valence-electron chi connectivity index (χ4n) is 2.81. The maximum atomic E-state index is 12.5. The van der Waals surface area contributed by atoms with E-state index in [1.54, 1.807) is 39.3 Å². The number of esters is 1. The van der Waals surface area contributed by atoms with E-state index >= 15 is 0 Å². The first-order valence-corrected chi connectivity index (χ1v) is 9.82. The second-order valence-corrected chi connectivity index (χ2v) is 7.17. The highest BCUT2D eigenvalue weighted by Gasteiger charge is 2.20. The average Bonchev–Trinajstić information content (AvgIpc) is 2.72. The van der Waals surface area contributed by atoms with Crippen molar-refractivity contribution in [1.29, 1.82) is 0 Å². The number of carbonyl (C=O) groups excluding carboxylic acids is 2. The van der Waals surface area contributed by atoms with E-state index < -0.39 is 12.1 Å². The zero-order valence-corrected chi connectivity index (χ0v) is 18.1. The van der Waals surface area contributed by atoms with Gasteiger partial charge in [0.2, 0.25) is 0 Å². The summed E-state index contributed by atoms with van der Waals surface area (Å²) in [6.45, 7) is 5.88. The number of likely N-dealkylation sites (N-methyl/N-ethyl adjacent to an activating group) is 1. The van der Waals surface area contributed by atoms with Crippen molar-refractivity contribution in [1.82, 2.24) is 4.90 Å². The highest BCUT2D eigenvalue weighted by molar-refractivity contribution is 5.90. The van der Waals surface area contributed by atoms with Gasteiger partial charge >= 0.3 is 5.97 Å². The third-order valence-electron chi connectivity index (χ3n) is 4.24. The number of benzene rings is 2. The minimum absolute atomic E-state index is 0.0225. The Kier molecular flexibility index (Phi) is 8.47. The number of carbonyl (C=O) groups is 2. The van der Waals surface area contributed by atoms with Crippen LogP contribution >= 0.6 is 0 Å². The van der Waals surface area contributed by atoms with E-state index in [2.05, 4.69) is 0 Å². The van der Waals surface area contributed by atoms with Crippen molar-refractivity contribution in [2.24, 2.45) is 0 Å². The molecule has 0 spiro atoms. The van der Waals surface area contributed by atoms with Gasteiger partial charge in [-0.05, 0) is 50.1 Å². The van der Waals surface area contributed by atoms with Crippen molar-refractivity contribution in [3.8, 4) is 11.5 Å². The maximum Gasteiger partial charge on any atom is 0.331 e. The Morgan fingerprint density at radius 3 is 2.37 bits per heavy atom. The maximum absolute atomic E-state index is 12.5. The Balaban J connectivity index is 1.94. The summed E-state index contributed by atoms with van der Waals surface area (Å²) in [6, 6.07) is 15.0. The molecule has 30 heavy (non-hydrogen) atoms. The number of methoxy groups -OCH3 is 1. The molecule has 1 amide bonds. The SMILES string of the molecule is COc1cc(/C=C/C(=O)O[C@H](C)C(=O)N(C)Cc2ccccc2)ccc1OC(C)C. The second-order valence-electron chi connectivity index (χ2n) is 7.17. The molecule has 0 saturated heterocycles. The highest BCUT2D eigenvalue weighted by Crippen LogP contribution is 2.29. The van der Waals surface area contributed by atoms with E-state index in [0.29, 0.717) is 18.0 Å². The minimum atomic E-state index is -0.882. The van der Waals surface area contributed by atoms with Gasteiger partial charge in [0.15, 0.2) is 17.6 Å². The van der Waals surface area contributed by atoms with Gasteiger partial charge in [0.1, 0.15) is 0 Å². The molecule has 1 atom stereocenters. The van der Waals surface area contributed by atoms with Crippen molar-refractivity contribution < 1.29 is 23.8 Å². The average molecular weight is 411 g/mol. The lowest BCUT2D eigenvalue weighted by Gasteiger charge is -2.21. The molecular weight excluding hydrogens is 382 g/mol. The van der Waals surface area contributed by atoms with Crippen LogP contribution in [0.4, 0.5) is 0 Å². The van der Waals surface area contributed by atoms with Crippen LogP contribution < -0.4 is 9.47 Å². The van der Waals surface area contributed by atoms with Gasteiger partial charge in [0.05, 0.1) is 13.2 Å². The number of amides is 1. The fourth-order valence-corrected chi connectivity index (χ4v) is 2.81. The number of hydrogen-bond donors (Lipinski definition) is 0. The monoisotopic (exact) mass is 411 g/mol. The Morgan fingerprint density at radius 2 is 1.73 bits per heavy atom. The van der Waals surface area contributed by atoms with Gasteiger partial charge in [-0.3, -0.25) is 4.79 Å². The molecule has 0 bridgehead atoms. The van der Waals surface area contributed by atoms with Gasteiger partial charge in [-0.25, -0.2) is 4.79 Å². The largest absolute Gasteiger partial charge is 0.493 e. The molecule has 0 aliphatic rings. The fraction of sp³-hybridized carbons (Fsp3) is 0.333. The topological polar surface area (TPSA) is 65.1 Å². The normalized spacial score (nSPS) is 11.9. The van der Waals surface area contributed by atoms with Crippen molar-refractivity contribution in [3.05, 3.63) is 65.7 Å². The molecule has 0 fully saturated rings. The molecule has 2 aromatic rings. The summed E-state index contributed by atoms with van der Waals surface area (Å²) in [6.07, 6.45) is 2.04. The Hall–Kier alpha value is -3.28. The van der Waals surface area contributed by atoms with Crippen LogP contribution in [0, 0.1) is 0 Å². The lowest BCUT2D eigenvalue weighted by Crippen LogP contribution is -2.36. The molecule has 0 heterocycles. The minimum Gasteiger partial charge on any atom is -0.493 e. The molecule has 2 aromatic carbocycles. The molecule has 0 N–H and O–H groups in total. The Bertz CT molecular complexity index is 876. The van der Waals surface area contributed by atoms with E-state index in [0.717, 1.165) is 11.1 Å². The van der Waals surface area contributed by atoms with Crippen LogP contribution in [0.1, 0.15) is 31.9 Å². The molecule has 0 radical (unpaired) electrons. The molecule has 0 aliphatic carbocycles. The Morgan fingerprint density at radius 1 is 1.03 bits per heavy atom. The van der Waals surface area contributed by atoms with E-state index in [1.165, 1.54) is 11.0 Å². The summed E-state index contributed by atoms with van der Waals surface area (Å²) < 4.78 is 16.3.